The molecule has 1 aliphatic heterocycles. The van der Waals surface area contributed by atoms with Crippen LogP contribution in [0.3, 0.4) is 0 Å². The van der Waals surface area contributed by atoms with E-state index in [-0.39, 0.29) is 56.2 Å². The lowest BCUT2D eigenvalue weighted by molar-refractivity contribution is -0.909. The predicted molar refractivity (Wildman–Crippen MR) is 165 cm³/mol. The first kappa shape index (κ1) is 39.8. The Hall–Kier alpha value is -3.40. The summed E-state index contributed by atoms with van der Waals surface area (Å²) in [5, 5.41) is 39.2. The Morgan fingerprint density at radius 2 is 1.60 bits per heavy atom. The van der Waals surface area contributed by atoms with Crippen LogP contribution in [-0.2, 0) is 16.8 Å². The summed E-state index contributed by atoms with van der Waals surface area (Å²) in [5.74, 6) is -1.55. The molecule has 1 saturated heterocycles. The summed E-state index contributed by atoms with van der Waals surface area (Å²) in [6, 6.07) is 5.78. The highest BCUT2D eigenvalue weighted by atomic mass is 32.1. The Labute approximate surface area is 295 Å². The number of likely N-dealkylation sites (N-methyl/N-ethyl adjacent to an activating group) is 1. The number of hydrogen-bond acceptors (Lipinski definition) is 11. The van der Waals surface area contributed by atoms with E-state index >= 15 is 0 Å². The number of benzene rings is 1. The third-order valence-electron chi connectivity index (χ3n) is 8.62. The summed E-state index contributed by atoms with van der Waals surface area (Å²) in [6.45, 7) is -3.85. The van der Waals surface area contributed by atoms with Crippen molar-refractivity contribution in [1.29, 1.82) is 0 Å². The van der Waals surface area contributed by atoms with E-state index in [1.165, 1.54) is 30.5 Å². The van der Waals surface area contributed by atoms with Crippen molar-refractivity contribution >= 4 is 11.3 Å². The molecule has 4 N–H and O–H groups in total. The highest BCUT2D eigenvalue weighted by Crippen LogP contribution is 2.52. The highest BCUT2D eigenvalue weighted by molar-refractivity contribution is 7.11. The fraction of sp³-hybridized carbons (Fsp3) is 0.562. The molecule has 3 aromatic rings. The first-order valence-corrected chi connectivity index (χ1v) is 16.6. The number of halogens is 8. The third-order valence-corrected chi connectivity index (χ3v) is 9.84. The third kappa shape index (κ3) is 8.37. The van der Waals surface area contributed by atoms with Crippen LogP contribution in [0.4, 0.5) is 35.1 Å². The number of rotatable bonds is 13. The summed E-state index contributed by atoms with van der Waals surface area (Å²) in [5.41, 5.74) is -4.67. The van der Waals surface area contributed by atoms with Gasteiger partial charge in [0.2, 0.25) is 5.88 Å². The number of nitrogens with zero attached hydrogens (tertiary/aromatic N) is 3. The second-order valence-corrected chi connectivity index (χ2v) is 14.4. The Morgan fingerprint density at radius 3 is 2.13 bits per heavy atom. The van der Waals surface area contributed by atoms with E-state index in [1.54, 1.807) is 21.1 Å². The molecule has 2 aromatic heterocycles. The summed E-state index contributed by atoms with van der Waals surface area (Å²) >= 11 is -0.0268. The van der Waals surface area contributed by atoms with Gasteiger partial charge in [-0.3, -0.25) is 0 Å². The van der Waals surface area contributed by atoms with Crippen LogP contribution < -0.4 is 14.2 Å². The van der Waals surface area contributed by atoms with Crippen LogP contribution in [0.15, 0.2) is 42.7 Å². The van der Waals surface area contributed by atoms with Gasteiger partial charge in [-0.15, -0.1) is 11.3 Å². The van der Waals surface area contributed by atoms with Crippen molar-refractivity contribution in [3.63, 3.8) is 0 Å². The van der Waals surface area contributed by atoms with E-state index in [4.69, 9.17) is 14.2 Å². The van der Waals surface area contributed by atoms with Gasteiger partial charge in [-0.05, 0) is 42.5 Å². The summed E-state index contributed by atoms with van der Waals surface area (Å²) < 4.78 is 131. The fourth-order valence-corrected chi connectivity index (χ4v) is 6.91. The number of thiazole rings is 1. The van der Waals surface area contributed by atoms with Crippen LogP contribution >= 0.6 is 11.3 Å². The zero-order chi connectivity index (χ0) is 38.4. The van der Waals surface area contributed by atoms with E-state index < -0.39 is 72.7 Å². The highest BCUT2D eigenvalue weighted by Gasteiger charge is 2.73. The molecular weight excluding hydrogens is 738 g/mol. The average Bonchev–Trinajstić information content (AvgIpc) is 3.72. The first-order valence-electron chi connectivity index (χ1n) is 15.8. The maximum atomic E-state index is 13.7. The van der Waals surface area contributed by atoms with Gasteiger partial charge in [0.1, 0.15) is 23.3 Å². The van der Waals surface area contributed by atoms with Crippen molar-refractivity contribution in [3.8, 4) is 17.4 Å². The molecule has 1 aromatic carbocycles. The second kappa shape index (κ2) is 14.8. The lowest BCUT2D eigenvalue weighted by atomic mass is 9.91. The molecule has 52 heavy (non-hydrogen) atoms. The maximum Gasteiger partial charge on any atom is 0.433 e. The molecule has 1 saturated carbocycles. The molecule has 11 nitrogen and oxygen atoms in total. The predicted octanol–water partition coefficient (Wildman–Crippen LogP) is 4.26. The van der Waals surface area contributed by atoms with E-state index in [2.05, 4.69) is 14.7 Å². The Balaban J connectivity index is 1.49. The van der Waals surface area contributed by atoms with Crippen molar-refractivity contribution in [2.24, 2.45) is 0 Å². The topological polar surface area (TPSA) is 144 Å². The van der Waals surface area contributed by atoms with Crippen LogP contribution in [0.2, 0.25) is 0 Å². The van der Waals surface area contributed by atoms with Crippen molar-refractivity contribution < 1.29 is 79.0 Å². The molecule has 6 atom stereocenters. The number of ether oxygens (including phenoxy) is 4. The zero-order valence-corrected chi connectivity index (χ0v) is 28.5. The van der Waals surface area contributed by atoms with E-state index in [0.29, 0.717) is 18.4 Å². The SMILES string of the molecule is C[N+](C)(C)[C@H]1[C@H](Oc2ccc(CC(c3ccc(OC(F)F)c(OC4CC4)c3)c3cnc(C(O)(C(F)(F)F)C(F)(F)F)s3)cn2)O[C@H](CO)[C@@H](O)[C@@H]1O. The quantitative estimate of drug-likeness (QED) is 0.147. The minimum atomic E-state index is -6.17. The minimum Gasteiger partial charge on any atom is -0.487 e. The Bertz CT molecular complexity index is 1650. The standard InChI is InChI=1S/C32H36F8N3O8S/c1-43(2,3)24-26(46)25(45)21(14-44)49-27(24)51-23-9-4-15(12-41-23)10-18(16-5-8-19(50-29(33)34)20(11-16)48-17-6-7-17)22-13-42-28(52-22)30(47,31(35,36)37)32(38,39)40/h4-5,8-9,11-13,17-18,21,24-27,29,44-47H,6-7,10,14H2,1-3H3/q+1/t18?,21-,24-,25-,26-,27+/m1/s1. The average molecular weight is 775 g/mol. The Kier molecular flexibility index (Phi) is 11.3. The summed E-state index contributed by atoms with van der Waals surface area (Å²) in [4.78, 5) is 7.45. The smallest absolute Gasteiger partial charge is 0.433 e. The maximum absolute atomic E-state index is 13.7. The van der Waals surface area contributed by atoms with Gasteiger partial charge in [-0.25, -0.2) is 9.97 Å². The van der Waals surface area contributed by atoms with Gasteiger partial charge in [0.25, 0.3) is 6.29 Å². The van der Waals surface area contributed by atoms with Gasteiger partial charge in [-0.1, -0.05) is 12.1 Å². The summed E-state index contributed by atoms with van der Waals surface area (Å²) in [6.07, 6.45) is -14.6. The lowest BCUT2D eigenvalue weighted by Gasteiger charge is -2.47. The second-order valence-electron chi connectivity index (χ2n) is 13.4. The van der Waals surface area contributed by atoms with Gasteiger partial charge in [-0.2, -0.15) is 35.1 Å². The van der Waals surface area contributed by atoms with Gasteiger partial charge in [0.05, 0.1) is 33.9 Å². The number of aromatic nitrogens is 2. The van der Waals surface area contributed by atoms with Gasteiger partial charge in [0.15, 0.2) is 17.5 Å². The fourth-order valence-electron chi connectivity index (χ4n) is 5.74. The normalized spacial score (nSPS) is 23.8. The van der Waals surface area contributed by atoms with Crippen LogP contribution in [0.1, 0.15) is 39.8 Å². The largest absolute Gasteiger partial charge is 0.487 e. The number of quaternary nitrogens is 1. The van der Waals surface area contributed by atoms with Crippen molar-refractivity contribution in [2.45, 2.75) is 86.5 Å². The number of hydrogen-bond donors (Lipinski definition) is 4. The van der Waals surface area contributed by atoms with Crippen LogP contribution in [0.5, 0.6) is 17.4 Å². The van der Waals surface area contributed by atoms with Crippen molar-refractivity contribution in [3.05, 3.63) is 63.7 Å². The molecule has 2 aliphatic rings. The number of aliphatic hydroxyl groups is 4. The molecular formula is C32H36F8N3O8S+. The van der Waals surface area contributed by atoms with E-state index in [1.807, 2.05) is 0 Å². The molecule has 0 bridgehead atoms. The van der Waals surface area contributed by atoms with Crippen molar-refractivity contribution in [1.82, 2.24) is 9.97 Å². The molecule has 0 radical (unpaired) electrons. The Morgan fingerprint density at radius 1 is 0.923 bits per heavy atom. The molecule has 3 heterocycles. The van der Waals surface area contributed by atoms with Gasteiger partial charge in [0, 0.05) is 29.3 Å². The number of pyridine rings is 1. The lowest BCUT2D eigenvalue weighted by Crippen LogP contribution is -2.69. The molecule has 1 aliphatic carbocycles. The number of alkyl halides is 8. The van der Waals surface area contributed by atoms with Gasteiger partial charge < -0.3 is 43.9 Å². The van der Waals surface area contributed by atoms with Crippen LogP contribution in [0.25, 0.3) is 0 Å². The van der Waals surface area contributed by atoms with E-state index in [0.717, 1.165) is 12.3 Å². The minimum absolute atomic E-state index is 0.0268. The first-order chi connectivity index (χ1) is 24.1. The molecule has 20 heteroatoms. The molecule has 0 spiro atoms. The molecule has 1 unspecified atom stereocenters. The molecule has 0 amide bonds. The molecule has 288 valence electrons. The van der Waals surface area contributed by atoms with Crippen molar-refractivity contribution in [2.75, 3.05) is 27.7 Å². The van der Waals surface area contributed by atoms with Crippen LogP contribution in [0, 0.1) is 0 Å². The molecule has 2 fully saturated rings. The monoisotopic (exact) mass is 774 g/mol. The molecule has 5 rings (SSSR count). The number of aliphatic hydroxyl groups excluding tert-OH is 3. The zero-order valence-electron chi connectivity index (χ0n) is 27.7. The van der Waals surface area contributed by atoms with E-state index in [9.17, 15) is 55.5 Å². The van der Waals surface area contributed by atoms with Gasteiger partial charge >= 0.3 is 24.6 Å². The van der Waals surface area contributed by atoms with Crippen LogP contribution in [-0.4, -0.2) is 118 Å². The summed E-state index contributed by atoms with van der Waals surface area (Å²) in [7, 11) is 5.16.